The number of aliphatic hydroxyl groups excluding tert-OH is 1. The maximum absolute atomic E-state index is 12.6. The average Bonchev–Trinajstić information content (AvgIpc) is 2.47. The van der Waals surface area contributed by atoms with Gasteiger partial charge in [-0.25, -0.2) is 0 Å². The molecule has 0 bridgehead atoms. The Balaban J connectivity index is 1.97. The Morgan fingerprint density at radius 2 is 2.00 bits per heavy atom. The van der Waals surface area contributed by atoms with Crippen LogP contribution < -0.4 is 5.32 Å². The largest absolute Gasteiger partial charge is 0.416 e. The minimum Gasteiger partial charge on any atom is -0.396 e. The minimum atomic E-state index is -4.40. The first-order valence-corrected chi connectivity index (χ1v) is 7.46. The molecule has 0 radical (unpaired) electrons. The molecule has 0 spiro atoms. The topological polar surface area (TPSA) is 49.3 Å². The van der Waals surface area contributed by atoms with Crippen molar-refractivity contribution in [2.45, 2.75) is 44.3 Å². The standard InChI is InChI=1S/C16H20F3NO2/c17-16(18,19)13-6-3-4-11(8-13)9-15(22)20-14-7-2-1-5-12(14)10-21/h3-4,6,8,12,14,21H,1-2,5,7,9-10H2,(H,20,22). The van der Waals surface area contributed by atoms with Crippen LogP contribution in [0.5, 0.6) is 0 Å². The number of halogens is 3. The van der Waals surface area contributed by atoms with Crippen molar-refractivity contribution < 1.29 is 23.1 Å². The number of amides is 1. The van der Waals surface area contributed by atoms with E-state index in [0.717, 1.165) is 37.8 Å². The predicted molar refractivity (Wildman–Crippen MR) is 76.1 cm³/mol. The molecule has 2 N–H and O–H groups in total. The van der Waals surface area contributed by atoms with Crippen molar-refractivity contribution in [3.05, 3.63) is 35.4 Å². The van der Waals surface area contributed by atoms with E-state index in [-0.39, 0.29) is 30.9 Å². The highest BCUT2D eigenvalue weighted by molar-refractivity contribution is 5.79. The van der Waals surface area contributed by atoms with E-state index in [2.05, 4.69) is 5.32 Å². The normalized spacial score (nSPS) is 22.4. The number of rotatable bonds is 4. The Bertz CT molecular complexity index is 516. The molecule has 1 fully saturated rings. The van der Waals surface area contributed by atoms with Crippen molar-refractivity contribution in [1.29, 1.82) is 0 Å². The molecule has 1 aliphatic carbocycles. The van der Waals surface area contributed by atoms with Gasteiger partial charge in [-0.2, -0.15) is 13.2 Å². The van der Waals surface area contributed by atoms with E-state index in [1.165, 1.54) is 12.1 Å². The zero-order valence-electron chi connectivity index (χ0n) is 12.2. The third kappa shape index (κ3) is 4.47. The monoisotopic (exact) mass is 315 g/mol. The van der Waals surface area contributed by atoms with Crippen molar-refractivity contribution in [3.8, 4) is 0 Å². The van der Waals surface area contributed by atoms with E-state index in [1.54, 1.807) is 0 Å². The molecule has 0 heterocycles. The maximum Gasteiger partial charge on any atom is 0.416 e. The summed E-state index contributed by atoms with van der Waals surface area (Å²) in [7, 11) is 0. The van der Waals surface area contributed by atoms with Crippen molar-refractivity contribution >= 4 is 5.91 Å². The molecule has 122 valence electrons. The molecule has 0 aromatic heterocycles. The Kier molecular flexibility index (Phi) is 5.45. The van der Waals surface area contributed by atoms with Crippen LogP contribution >= 0.6 is 0 Å². The number of aliphatic hydroxyl groups is 1. The Hall–Kier alpha value is -1.56. The quantitative estimate of drug-likeness (QED) is 0.897. The molecule has 1 aromatic carbocycles. The van der Waals surface area contributed by atoms with Crippen molar-refractivity contribution in [3.63, 3.8) is 0 Å². The molecule has 0 aliphatic heterocycles. The molecular weight excluding hydrogens is 295 g/mol. The zero-order valence-corrected chi connectivity index (χ0v) is 12.2. The number of alkyl halides is 3. The summed E-state index contributed by atoms with van der Waals surface area (Å²) in [4.78, 5) is 12.0. The fraction of sp³-hybridized carbons (Fsp3) is 0.562. The van der Waals surface area contributed by atoms with Crippen LogP contribution in [0.4, 0.5) is 13.2 Å². The highest BCUT2D eigenvalue weighted by Crippen LogP contribution is 2.29. The van der Waals surface area contributed by atoms with Crippen LogP contribution in [0.15, 0.2) is 24.3 Å². The summed E-state index contributed by atoms with van der Waals surface area (Å²) in [6.07, 6.45) is -0.794. The minimum absolute atomic E-state index is 0.0223. The third-order valence-corrected chi connectivity index (χ3v) is 4.11. The van der Waals surface area contributed by atoms with Gasteiger partial charge in [0.2, 0.25) is 5.91 Å². The van der Waals surface area contributed by atoms with Gasteiger partial charge in [0.1, 0.15) is 0 Å². The van der Waals surface area contributed by atoms with Gasteiger partial charge in [0.05, 0.1) is 12.0 Å². The summed E-state index contributed by atoms with van der Waals surface area (Å²) >= 11 is 0. The van der Waals surface area contributed by atoms with E-state index in [4.69, 9.17) is 0 Å². The van der Waals surface area contributed by atoms with Gasteiger partial charge in [0, 0.05) is 18.6 Å². The van der Waals surface area contributed by atoms with Crippen LogP contribution in [0.1, 0.15) is 36.8 Å². The van der Waals surface area contributed by atoms with Crippen molar-refractivity contribution in [2.24, 2.45) is 5.92 Å². The van der Waals surface area contributed by atoms with Gasteiger partial charge in [0.15, 0.2) is 0 Å². The van der Waals surface area contributed by atoms with Gasteiger partial charge in [-0.05, 0) is 24.5 Å². The number of carbonyl (C=O) groups excluding carboxylic acids is 1. The van der Waals surface area contributed by atoms with Gasteiger partial charge < -0.3 is 10.4 Å². The van der Waals surface area contributed by atoms with Crippen molar-refractivity contribution in [1.82, 2.24) is 5.32 Å². The van der Waals surface area contributed by atoms with Crippen molar-refractivity contribution in [2.75, 3.05) is 6.61 Å². The fourth-order valence-electron chi connectivity index (χ4n) is 2.92. The second-order valence-corrected chi connectivity index (χ2v) is 5.78. The summed E-state index contributed by atoms with van der Waals surface area (Å²) < 4.78 is 37.9. The molecule has 2 rings (SSSR count). The first kappa shape index (κ1) is 16.8. The predicted octanol–water partition coefficient (Wildman–Crippen LogP) is 2.92. The van der Waals surface area contributed by atoms with Crippen LogP contribution in [0.3, 0.4) is 0 Å². The smallest absolute Gasteiger partial charge is 0.396 e. The zero-order chi connectivity index (χ0) is 16.2. The van der Waals surface area contributed by atoms with E-state index in [0.29, 0.717) is 5.56 Å². The first-order valence-electron chi connectivity index (χ1n) is 7.46. The van der Waals surface area contributed by atoms with E-state index < -0.39 is 11.7 Å². The molecule has 1 aromatic rings. The van der Waals surface area contributed by atoms with E-state index >= 15 is 0 Å². The lowest BCUT2D eigenvalue weighted by Gasteiger charge is -2.30. The van der Waals surface area contributed by atoms with Gasteiger partial charge in [0.25, 0.3) is 0 Å². The summed E-state index contributed by atoms with van der Waals surface area (Å²) in [6, 6.07) is 4.73. The lowest BCUT2D eigenvalue weighted by molar-refractivity contribution is -0.137. The maximum atomic E-state index is 12.6. The second-order valence-electron chi connectivity index (χ2n) is 5.78. The number of hydrogen-bond donors (Lipinski definition) is 2. The number of hydrogen-bond acceptors (Lipinski definition) is 2. The van der Waals surface area contributed by atoms with Gasteiger partial charge in [-0.15, -0.1) is 0 Å². The fourth-order valence-corrected chi connectivity index (χ4v) is 2.92. The Morgan fingerprint density at radius 3 is 2.68 bits per heavy atom. The van der Waals surface area contributed by atoms with Crippen LogP contribution in [0, 0.1) is 5.92 Å². The highest BCUT2D eigenvalue weighted by atomic mass is 19.4. The second kappa shape index (κ2) is 7.13. The Morgan fingerprint density at radius 1 is 1.27 bits per heavy atom. The van der Waals surface area contributed by atoms with E-state index in [1.807, 2.05) is 0 Å². The van der Waals surface area contributed by atoms with Crippen LogP contribution in [-0.4, -0.2) is 23.7 Å². The molecule has 1 aliphatic rings. The van der Waals surface area contributed by atoms with E-state index in [9.17, 15) is 23.1 Å². The Labute approximate surface area is 127 Å². The highest BCUT2D eigenvalue weighted by Gasteiger charge is 2.30. The molecular formula is C16H20F3NO2. The van der Waals surface area contributed by atoms with Gasteiger partial charge >= 0.3 is 6.18 Å². The number of carbonyl (C=O) groups is 1. The van der Waals surface area contributed by atoms with Gasteiger partial charge in [-0.3, -0.25) is 4.79 Å². The molecule has 1 amide bonds. The number of nitrogens with one attached hydrogen (secondary N) is 1. The molecule has 3 nitrogen and oxygen atoms in total. The lowest BCUT2D eigenvalue weighted by atomic mass is 9.85. The molecule has 1 saturated carbocycles. The van der Waals surface area contributed by atoms with Crippen LogP contribution in [0.2, 0.25) is 0 Å². The van der Waals surface area contributed by atoms with Crippen LogP contribution in [0.25, 0.3) is 0 Å². The molecule has 2 unspecified atom stereocenters. The first-order chi connectivity index (χ1) is 10.4. The van der Waals surface area contributed by atoms with Gasteiger partial charge in [-0.1, -0.05) is 31.0 Å². The summed E-state index contributed by atoms with van der Waals surface area (Å²) in [5.74, 6) is -0.260. The third-order valence-electron chi connectivity index (χ3n) is 4.11. The average molecular weight is 315 g/mol. The SMILES string of the molecule is O=C(Cc1cccc(C(F)(F)F)c1)NC1CCCCC1CO. The van der Waals surface area contributed by atoms with Crippen LogP contribution in [-0.2, 0) is 17.4 Å². The number of benzene rings is 1. The molecule has 2 atom stereocenters. The molecule has 0 saturated heterocycles. The molecule has 22 heavy (non-hydrogen) atoms. The summed E-state index contributed by atoms with van der Waals surface area (Å²) in [5, 5.41) is 12.2. The lowest BCUT2D eigenvalue weighted by Crippen LogP contribution is -2.44. The summed E-state index contributed by atoms with van der Waals surface area (Å²) in [5.41, 5.74) is -0.410. The summed E-state index contributed by atoms with van der Waals surface area (Å²) in [6.45, 7) is 0.0223. The molecule has 6 heteroatoms.